The summed E-state index contributed by atoms with van der Waals surface area (Å²) in [6.07, 6.45) is 69.6. The highest BCUT2D eigenvalue weighted by Gasteiger charge is 2.27. The lowest BCUT2D eigenvalue weighted by Crippen LogP contribution is -2.45. The summed E-state index contributed by atoms with van der Waals surface area (Å²) in [4.78, 5) is 23.3. The van der Waals surface area contributed by atoms with Gasteiger partial charge in [-0.05, 0) is 77.0 Å². The topological polar surface area (TPSA) is 105 Å². The third-order valence-corrected chi connectivity index (χ3v) is 13.1. The first-order chi connectivity index (χ1) is 33.0. The molecular weight excluding hydrogens is 864 g/mol. The number of aliphatic hydroxyl groups excluding tert-OH is 1. The average molecular weight is 972 g/mol. The molecule has 3 N–H and O–H groups in total. The van der Waals surface area contributed by atoms with E-state index in [-0.39, 0.29) is 19.1 Å². The Morgan fingerprint density at radius 2 is 0.897 bits per heavy atom. The van der Waals surface area contributed by atoms with Crippen molar-refractivity contribution < 1.29 is 32.9 Å². The van der Waals surface area contributed by atoms with Gasteiger partial charge in [0, 0.05) is 6.42 Å². The molecular formula is C59H108N2O6P+. The molecule has 0 aromatic rings. The molecule has 3 atom stereocenters. The molecule has 0 saturated carbocycles. The second-order valence-corrected chi connectivity index (χ2v) is 21.4. The lowest BCUT2D eigenvalue weighted by Gasteiger charge is -2.25. The maximum atomic E-state index is 13.0. The Morgan fingerprint density at radius 3 is 1.35 bits per heavy atom. The fraction of sp³-hybridized carbons (Fsp3) is 0.746. The number of carbonyl (C=O) groups is 1. The van der Waals surface area contributed by atoms with Crippen LogP contribution in [0.3, 0.4) is 0 Å². The molecule has 0 spiro atoms. The monoisotopic (exact) mass is 972 g/mol. The highest BCUT2D eigenvalue weighted by atomic mass is 31.2. The first-order valence-electron chi connectivity index (χ1n) is 28.0. The van der Waals surface area contributed by atoms with Crippen LogP contribution in [0.5, 0.6) is 0 Å². The van der Waals surface area contributed by atoms with Gasteiger partial charge in [0.2, 0.25) is 5.91 Å². The minimum Gasteiger partial charge on any atom is -0.387 e. The van der Waals surface area contributed by atoms with E-state index in [1.54, 1.807) is 6.08 Å². The highest BCUT2D eigenvalue weighted by Crippen LogP contribution is 2.43. The minimum absolute atomic E-state index is 0.0511. The first-order valence-corrected chi connectivity index (χ1v) is 29.5. The van der Waals surface area contributed by atoms with Crippen LogP contribution in [-0.2, 0) is 18.4 Å². The van der Waals surface area contributed by atoms with Gasteiger partial charge in [-0.2, -0.15) is 0 Å². The van der Waals surface area contributed by atoms with Gasteiger partial charge in [0.25, 0.3) is 0 Å². The van der Waals surface area contributed by atoms with Crippen LogP contribution >= 0.6 is 7.82 Å². The van der Waals surface area contributed by atoms with E-state index in [1.807, 2.05) is 27.2 Å². The molecule has 0 aliphatic rings. The van der Waals surface area contributed by atoms with Gasteiger partial charge >= 0.3 is 7.82 Å². The number of nitrogens with zero attached hydrogens (tertiary/aromatic N) is 1. The van der Waals surface area contributed by atoms with Gasteiger partial charge in [-0.3, -0.25) is 13.8 Å². The van der Waals surface area contributed by atoms with E-state index in [1.165, 1.54) is 135 Å². The molecule has 0 aromatic heterocycles. The van der Waals surface area contributed by atoms with Gasteiger partial charge in [-0.1, -0.05) is 234 Å². The predicted molar refractivity (Wildman–Crippen MR) is 295 cm³/mol. The van der Waals surface area contributed by atoms with Crippen LogP contribution in [0.25, 0.3) is 0 Å². The first kappa shape index (κ1) is 65.7. The van der Waals surface area contributed by atoms with Gasteiger partial charge in [0.15, 0.2) is 0 Å². The number of quaternary nitrogens is 1. The molecule has 68 heavy (non-hydrogen) atoms. The molecule has 0 fully saturated rings. The Labute approximate surface area is 420 Å². The number of carbonyl (C=O) groups excluding carboxylic acids is 1. The zero-order valence-electron chi connectivity index (χ0n) is 44.8. The predicted octanol–water partition coefficient (Wildman–Crippen LogP) is 16.9. The number of unbranched alkanes of at least 4 members (excludes halogenated alkanes) is 25. The lowest BCUT2D eigenvalue weighted by atomic mass is 10.0. The van der Waals surface area contributed by atoms with Crippen LogP contribution in [0, 0.1) is 0 Å². The highest BCUT2D eigenvalue weighted by molar-refractivity contribution is 7.47. The number of likely N-dealkylation sites (N-methyl/N-ethyl adjacent to an activating group) is 1. The smallest absolute Gasteiger partial charge is 0.387 e. The maximum absolute atomic E-state index is 13.0. The molecule has 3 unspecified atom stereocenters. The molecule has 0 aliphatic carbocycles. The molecule has 0 saturated heterocycles. The van der Waals surface area contributed by atoms with Crippen molar-refractivity contribution >= 4 is 13.7 Å². The quantitative estimate of drug-likeness (QED) is 0.0243. The van der Waals surface area contributed by atoms with Crippen molar-refractivity contribution in [3.8, 4) is 0 Å². The van der Waals surface area contributed by atoms with Crippen molar-refractivity contribution in [2.24, 2.45) is 0 Å². The summed E-state index contributed by atoms with van der Waals surface area (Å²) in [6.45, 7) is 4.68. The fourth-order valence-electron chi connectivity index (χ4n) is 7.73. The van der Waals surface area contributed by atoms with E-state index in [0.717, 1.165) is 77.0 Å². The Bertz CT molecular complexity index is 1380. The number of phosphoric acid groups is 1. The molecule has 8 nitrogen and oxygen atoms in total. The fourth-order valence-corrected chi connectivity index (χ4v) is 8.47. The van der Waals surface area contributed by atoms with Gasteiger partial charge in [-0.15, -0.1) is 0 Å². The molecule has 1 amide bonds. The van der Waals surface area contributed by atoms with Gasteiger partial charge in [0.05, 0.1) is 39.9 Å². The number of phosphoric ester groups is 1. The molecule has 0 bridgehead atoms. The standard InChI is InChI=1S/C59H107N2O6P/c1-6-8-10-12-14-16-18-20-22-24-26-28-29-30-31-33-35-37-39-41-43-45-47-49-51-53-59(63)60-57(56-67-68(64,65)66-55-54-61(3,4)5)58(62)52-50-48-46-44-42-40-38-36-34-32-27-25-23-21-19-17-15-13-11-9-7-2/h8,10,14,16,20,22,26,28,30-31,42,44,50,52,57-58,62H,6-7,9,11-13,15,17-19,21,23-25,27,29,32-41,43,45-49,51,53-56H2,1-5H3,(H-,60,63,64,65)/p+1/b10-8-,16-14-,22-20-,28-26-,31-30-,44-42+,52-50+. The molecule has 0 aromatic carbocycles. The van der Waals surface area contributed by atoms with Gasteiger partial charge in [0.1, 0.15) is 13.2 Å². The molecule has 0 rings (SSSR count). The van der Waals surface area contributed by atoms with E-state index in [9.17, 15) is 19.4 Å². The van der Waals surface area contributed by atoms with E-state index < -0.39 is 20.0 Å². The number of allylic oxidation sites excluding steroid dienone is 13. The summed E-state index contributed by atoms with van der Waals surface area (Å²) in [7, 11) is 1.54. The Hall–Kier alpha value is -2.32. The zero-order chi connectivity index (χ0) is 49.9. The van der Waals surface area contributed by atoms with E-state index >= 15 is 0 Å². The molecule has 0 radical (unpaired) electrons. The third kappa shape index (κ3) is 51.5. The second-order valence-electron chi connectivity index (χ2n) is 19.9. The largest absolute Gasteiger partial charge is 0.472 e. The average Bonchev–Trinajstić information content (AvgIpc) is 3.30. The molecule has 394 valence electrons. The lowest BCUT2D eigenvalue weighted by molar-refractivity contribution is -0.870. The molecule has 0 aliphatic heterocycles. The van der Waals surface area contributed by atoms with Crippen LogP contribution in [-0.4, -0.2) is 73.4 Å². The Kier molecular flexibility index (Phi) is 48.0. The van der Waals surface area contributed by atoms with Crippen molar-refractivity contribution in [1.82, 2.24) is 5.32 Å². The van der Waals surface area contributed by atoms with Gasteiger partial charge < -0.3 is 19.8 Å². The van der Waals surface area contributed by atoms with Crippen molar-refractivity contribution in [3.05, 3.63) is 85.1 Å². The SMILES string of the molecule is CC/C=C\C/C=C\C/C=C\C/C=C\C/C=C\CCCCCCCCCCCC(=O)NC(COP(=O)(O)OCC[N+](C)(C)C)C(O)/C=C/CC/C=C/CCCCCCCCCCCCCCCCC. The summed E-state index contributed by atoms with van der Waals surface area (Å²) in [5, 5.41) is 13.9. The number of hydrogen-bond donors (Lipinski definition) is 3. The molecule has 9 heteroatoms. The number of nitrogens with one attached hydrogen (secondary N) is 1. The number of aliphatic hydroxyl groups is 1. The Balaban J connectivity index is 4.31. The number of hydrogen-bond acceptors (Lipinski definition) is 5. The maximum Gasteiger partial charge on any atom is 0.472 e. The second kappa shape index (κ2) is 49.7. The van der Waals surface area contributed by atoms with Crippen LogP contribution in [0.2, 0.25) is 0 Å². The summed E-state index contributed by atoms with van der Waals surface area (Å²) in [5.74, 6) is -0.195. The third-order valence-electron chi connectivity index (χ3n) is 12.1. The molecule has 0 heterocycles. The van der Waals surface area contributed by atoms with Crippen molar-refractivity contribution in [3.63, 3.8) is 0 Å². The van der Waals surface area contributed by atoms with Crippen LogP contribution < -0.4 is 5.32 Å². The van der Waals surface area contributed by atoms with Crippen molar-refractivity contribution in [1.29, 1.82) is 0 Å². The summed E-state index contributed by atoms with van der Waals surface area (Å²) in [5.41, 5.74) is 0. The minimum atomic E-state index is -4.36. The van der Waals surface area contributed by atoms with Crippen molar-refractivity contribution in [2.75, 3.05) is 40.9 Å². The summed E-state index contributed by atoms with van der Waals surface area (Å²) >= 11 is 0. The van der Waals surface area contributed by atoms with E-state index in [4.69, 9.17) is 9.05 Å². The summed E-state index contributed by atoms with van der Waals surface area (Å²) in [6, 6.07) is -0.872. The van der Waals surface area contributed by atoms with Gasteiger partial charge in [-0.25, -0.2) is 4.57 Å². The van der Waals surface area contributed by atoms with E-state index in [2.05, 4.69) is 92.1 Å². The summed E-state index contributed by atoms with van der Waals surface area (Å²) < 4.78 is 23.7. The van der Waals surface area contributed by atoms with Crippen LogP contribution in [0.15, 0.2) is 85.1 Å². The normalized spacial score (nSPS) is 14.6. The number of amides is 1. The number of rotatable bonds is 50. The van der Waals surface area contributed by atoms with Crippen molar-refractivity contribution in [2.45, 2.75) is 244 Å². The zero-order valence-corrected chi connectivity index (χ0v) is 45.7. The van der Waals surface area contributed by atoms with Crippen LogP contribution in [0.1, 0.15) is 232 Å². The van der Waals surface area contributed by atoms with E-state index in [0.29, 0.717) is 17.4 Å². The Morgan fingerprint density at radius 1 is 0.515 bits per heavy atom. The van der Waals surface area contributed by atoms with Crippen LogP contribution in [0.4, 0.5) is 0 Å².